The summed E-state index contributed by atoms with van der Waals surface area (Å²) in [6.45, 7) is 0. The van der Waals surface area contributed by atoms with Gasteiger partial charge >= 0.3 is 0 Å². The largest absolute Gasteiger partial charge is 0.0616 e. The Kier molecular flexibility index (Phi) is 9.19. The first-order valence-electron chi connectivity index (χ1n) is 20.7. The molecule has 0 spiro atoms. The summed E-state index contributed by atoms with van der Waals surface area (Å²) < 4.78 is 0. The van der Waals surface area contributed by atoms with Gasteiger partial charge in [0.1, 0.15) is 0 Å². The molecule has 0 radical (unpaired) electrons. The van der Waals surface area contributed by atoms with E-state index in [9.17, 15) is 0 Å². The Bertz CT molecular complexity index is 2720. The second-order valence-corrected chi connectivity index (χ2v) is 15.6. The maximum atomic E-state index is 3.80. The first kappa shape index (κ1) is 34.2. The van der Waals surface area contributed by atoms with Crippen LogP contribution in [0.5, 0.6) is 0 Å². The van der Waals surface area contributed by atoms with Gasteiger partial charge in [0.25, 0.3) is 0 Å². The quantitative estimate of drug-likeness (QED) is 0.108. The van der Waals surface area contributed by atoms with Crippen LogP contribution < -0.4 is 0 Å². The number of fused-ring (bicyclic) bond motifs is 11. The van der Waals surface area contributed by atoms with Gasteiger partial charge in [0.05, 0.1) is 0 Å². The van der Waals surface area contributed by atoms with Crippen LogP contribution >= 0.6 is 0 Å². The molecule has 0 saturated heterocycles. The first-order chi connectivity index (χ1) is 27.8. The van der Waals surface area contributed by atoms with E-state index >= 15 is 0 Å². The molecule has 0 heteroatoms. The zero-order chi connectivity index (χ0) is 37.3. The van der Waals surface area contributed by atoms with Crippen LogP contribution in [0.15, 0.2) is 146 Å². The number of hydrogen-bond donors (Lipinski definition) is 0. The summed E-state index contributed by atoms with van der Waals surface area (Å²) in [5.41, 5.74) is 7.27. The zero-order valence-electron chi connectivity index (χ0n) is 31.9. The van der Waals surface area contributed by atoms with Crippen LogP contribution in [-0.4, -0.2) is 0 Å². The molecule has 56 heavy (non-hydrogen) atoms. The van der Waals surface area contributed by atoms with E-state index in [0.29, 0.717) is 0 Å². The highest BCUT2D eigenvalue weighted by atomic mass is 14.2. The van der Waals surface area contributed by atoms with E-state index in [-0.39, 0.29) is 0 Å². The topological polar surface area (TPSA) is 0 Å². The highest BCUT2D eigenvalue weighted by Crippen LogP contribution is 2.37. The van der Waals surface area contributed by atoms with Crippen LogP contribution in [-0.2, 0) is 12.8 Å². The highest BCUT2D eigenvalue weighted by molar-refractivity contribution is 6.12. The van der Waals surface area contributed by atoms with Gasteiger partial charge in [0.15, 0.2) is 0 Å². The molecule has 2 aliphatic rings. The zero-order valence-corrected chi connectivity index (χ0v) is 31.9. The van der Waals surface area contributed by atoms with Crippen molar-refractivity contribution in [2.45, 2.75) is 64.2 Å². The summed E-state index contributed by atoms with van der Waals surface area (Å²) in [5.74, 6) is 15.2. The molecular weight excluding hydrogens is 673 g/mol. The number of hydrogen-bond acceptors (Lipinski definition) is 0. The van der Waals surface area contributed by atoms with Crippen molar-refractivity contribution in [3.8, 4) is 23.7 Å². The van der Waals surface area contributed by atoms with Crippen LogP contribution in [0.4, 0.5) is 0 Å². The maximum absolute atomic E-state index is 3.80. The molecule has 0 aliphatic heterocycles. The second-order valence-electron chi connectivity index (χ2n) is 15.6. The molecule has 268 valence electrons. The Morgan fingerprint density at radius 2 is 0.393 bits per heavy atom. The monoisotopic (exact) mass is 716 g/mol. The molecular formula is C56H44. The SMILES string of the molecule is C1#Cc2c3ccccc3c(c3ccccc23)CCCCCCCCCCc2c3ccccc3c(c3ccccc23)C#Cc2c3ccccc3c1c1ccccc21. The van der Waals surface area contributed by atoms with Gasteiger partial charge in [-0.2, -0.15) is 0 Å². The third kappa shape index (κ3) is 6.08. The van der Waals surface area contributed by atoms with Crippen molar-refractivity contribution in [3.63, 3.8) is 0 Å². The fourth-order valence-electron chi connectivity index (χ4n) is 9.56. The van der Waals surface area contributed by atoms with Gasteiger partial charge in [0.2, 0.25) is 0 Å². The molecule has 0 aromatic heterocycles. The molecule has 0 fully saturated rings. The minimum Gasteiger partial charge on any atom is -0.0616 e. The Hall–Kier alpha value is -6.34. The van der Waals surface area contributed by atoms with Crippen LogP contribution in [0.3, 0.4) is 0 Å². The lowest BCUT2D eigenvalue weighted by Gasteiger charge is -2.15. The molecule has 0 N–H and O–H groups in total. The van der Waals surface area contributed by atoms with Gasteiger partial charge in [-0.3, -0.25) is 0 Å². The predicted octanol–water partition coefficient (Wildman–Crippen LogP) is 14.6. The summed E-state index contributed by atoms with van der Waals surface area (Å²) in [6, 6.07) is 53.3. The fraction of sp³-hybridized carbons (Fsp3) is 0.179. The van der Waals surface area contributed by atoms with E-state index in [2.05, 4.69) is 169 Å². The predicted molar refractivity (Wildman–Crippen MR) is 241 cm³/mol. The Morgan fingerprint density at radius 1 is 0.214 bits per heavy atom. The standard InChI is InChI=1S/C56H44/c1-2-4-6-8-22-40-43-25-11-15-29-47(43)54(48-30-16-12-26-44(40)48)36-38-56-51-33-19-17-31-49(51)55(50-32-18-20-34-52(50)56)37-35-53-45-27-13-9-23-41(45)39(21-7-5-3-1)42-24-10-14-28-46(42)53/h9-20,23-34H,1-8,21-22H2. The number of rotatable bonds is 0. The van der Waals surface area contributed by atoms with Crippen molar-refractivity contribution in [2.24, 2.45) is 0 Å². The highest BCUT2D eigenvalue weighted by Gasteiger charge is 2.16. The van der Waals surface area contributed by atoms with Gasteiger partial charge in [-0.25, -0.2) is 0 Å². The molecule has 0 atom stereocenters. The number of benzene rings is 9. The van der Waals surface area contributed by atoms with Crippen molar-refractivity contribution in [1.29, 1.82) is 0 Å². The smallest absolute Gasteiger partial charge is 0.0406 e. The van der Waals surface area contributed by atoms with E-state index in [1.54, 1.807) is 0 Å². The van der Waals surface area contributed by atoms with Crippen LogP contribution in [0.25, 0.3) is 64.6 Å². The molecule has 0 heterocycles. The van der Waals surface area contributed by atoms with E-state index < -0.39 is 0 Å². The second kappa shape index (κ2) is 15.1. The van der Waals surface area contributed by atoms with E-state index in [4.69, 9.17) is 0 Å². The molecule has 0 nitrogen and oxygen atoms in total. The molecule has 0 amide bonds. The van der Waals surface area contributed by atoms with E-state index in [1.807, 2.05) is 0 Å². The minimum atomic E-state index is 1.06. The van der Waals surface area contributed by atoms with Crippen molar-refractivity contribution in [3.05, 3.63) is 179 Å². The molecule has 6 bridgehead atoms. The summed E-state index contributed by atoms with van der Waals surface area (Å²) >= 11 is 0. The summed E-state index contributed by atoms with van der Waals surface area (Å²) in [4.78, 5) is 0. The van der Waals surface area contributed by atoms with E-state index in [0.717, 1.165) is 56.6 Å². The lowest BCUT2D eigenvalue weighted by Crippen LogP contribution is -1.96. The third-order valence-electron chi connectivity index (χ3n) is 12.2. The summed E-state index contributed by atoms with van der Waals surface area (Å²) in [5, 5.41) is 14.9. The van der Waals surface area contributed by atoms with Crippen LogP contribution in [0, 0.1) is 23.7 Å². The molecule has 11 rings (SSSR count). The minimum absolute atomic E-state index is 1.06. The molecule has 9 aromatic carbocycles. The Labute approximate surface area is 330 Å². The van der Waals surface area contributed by atoms with Crippen molar-refractivity contribution in [2.75, 3.05) is 0 Å². The van der Waals surface area contributed by atoms with Gasteiger partial charge in [-0.15, -0.1) is 0 Å². The molecule has 9 aromatic rings. The van der Waals surface area contributed by atoms with Crippen LogP contribution in [0.2, 0.25) is 0 Å². The third-order valence-corrected chi connectivity index (χ3v) is 12.2. The van der Waals surface area contributed by atoms with Crippen molar-refractivity contribution < 1.29 is 0 Å². The first-order valence-corrected chi connectivity index (χ1v) is 20.7. The van der Waals surface area contributed by atoms with Gasteiger partial charge in [-0.05, 0) is 101 Å². The maximum Gasteiger partial charge on any atom is 0.0406 e. The normalized spacial score (nSPS) is 14.1. The van der Waals surface area contributed by atoms with Crippen molar-refractivity contribution in [1.82, 2.24) is 0 Å². The molecule has 0 saturated carbocycles. The lowest BCUT2D eigenvalue weighted by molar-refractivity contribution is 0.569. The summed E-state index contributed by atoms with van der Waals surface area (Å²) in [6.07, 6.45) is 12.4. The Balaban J connectivity index is 1.23. The Morgan fingerprint density at radius 3 is 0.625 bits per heavy atom. The average Bonchev–Trinajstić information content (AvgIpc) is 3.25. The van der Waals surface area contributed by atoms with Crippen LogP contribution in [0.1, 0.15) is 84.7 Å². The molecule has 0 unspecified atom stereocenters. The van der Waals surface area contributed by atoms with Gasteiger partial charge < -0.3 is 0 Å². The fourth-order valence-corrected chi connectivity index (χ4v) is 9.56. The number of aryl methyl sites for hydroxylation is 2. The summed E-state index contributed by atoms with van der Waals surface area (Å²) in [7, 11) is 0. The molecule has 2 aliphatic carbocycles. The van der Waals surface area contributed by atoms with Gasteiger partial charge in [-0.1, -0.05) is 208 Å². The van der Waals surface area contributed by atoms with Crippen molar-refractivity contribution >= 4 is 64.6 Å². The van der Waals surface area contributed by atoms with Gasteiger partial charge in [0, 0.05) is 22.3 Å². The average molecular weight is 717 g/mol. The van der Waals surface area contributed by atoms with E-state index in [1.165, 1.54) is 106 Å². The lowest BCUT2D eigenvalue weighted by atomic mass is 9.88.